The molecule has 0 unspecified atom stereocenters. The summed E-state index contributed by atoms with van der Waals surface area (Å²) in [5.74, 6) is 1.53. The number of phenols is 1. The molecule has 4 rings (SSSR count). The summed E-state index contributed by atoms with van der Waals surface area (Å²) in [6.07, 6.45) is 3.45. The lowest BCUT2D eigenvalue weighted by Gasteiger charge is -2.34. The number of hydrogen-bond acceptors (Lipinski definition) is 3. The summed E-state index contributed by atoms with van der Waals surface area (Å²) in [7, 11) is 0. The molecular formula is C20H22O3. The number of benzene rings is 1. The quantitative estimate of drug-likeness (QED) is 0.782. The monoisotopic (exact) mass is 310 g/mol. The Morgan fingerprint density at radius 1 is 1.26 bits per heavy atom. The van der Waals surface area contributed by atoms with Crippen molar-refractivity contribution < 1.29 is 15.0 Å². The van der Waals surface area contributed by atoms with Crippen LogP contribution in [0, 0.1) is 23.7 Å². The number of carbonyl (C=O) groups excluding carboxylic acids is 1. The molecule has 120 valence electrons. The van der Waals surface area contributed by atoms with Gasteiger partial charge in [-0.2, -0.15) is 0 Å². The van der Waals surface area contributed by atoms with E-state index >= 15 is 0 Å². The van der Waals surface area contributed by atoms with Gasteiger partial charge in [0.2, 0.25) is 0 Å². The maximum atomic E-state index is 12.9. The number of aliphatic hydroxyl groups excluding tert-OH is 1. The van der Waals surface area contributed by atoms with Crippen LogP contribution in [0.15, 0.2) is 29.8 Å². The molecule has 1 aromatic carbocycles. The first-order chi connectivity index (χ1) is 11.1. The van der Waals surface area contributed by atoms with Gasteiger partial charge in [0.15, 0.2) is 5.78 Å². The lowest BCUT2D eigenvalue weighted by molar-refractivity contribution is -0.114. The maximum absolute atomic E-state index is 12.9. The summed E-state index contributed by atoms with van der Waals surface area (Å²) < 4.78 is 0. The Hall–Kier alpha value is -1.87. The number of rotatable bonds is 1. The van der Waals surface area contributed by atoms with Gasteiger partial charge in [0.05, 0.1) is 0 Å². The highest BCUT2D eigenvalue weighted by molar-refractivity contribution is 6.34. The standard InChI is InChI=1S/C20H22O3/c1-3-12-10(2)14-7-17-15-6-11(22)4-5-13(15)20(17)19(23)8-16(12)18(14)9-21/h3-6,10,14,16,18,21-22H,7-9H2,1-2H3/b12-3-/t10-,14+,16+,18-/m1/s1. The molecule has 4 atom stereocenters. The van der Waals surface area contributed by atoms with Gasteiger partial charge < -0.3 is 10.2 Å². The van der Waals surface area contributed by atoms with E-state index in [4.69, 9.17) is 0 Å². The van der Waals surface area contributed by atoms with Crippen molar-refractivity contribution in [2.24, 2.45) is 23.7 Å². The number of ketones is 1. The lowest BCUT2D eigenvalue weighted by atomic mass is 9.69. The van der Waals surface area contributed by atoms with E-state index in [-0.39, 0.29) is 30.0 Å². The van der Waals surface area contributed by atoms with Crippen molar-refractivity contribution in [1.82, 2.24) is 0 Å². The van der Waals surface area contributed by atoms with E-state index in [0.29, 0.717) is 18.3 Å². The molecule has 2 bridgehead atoms. The Bertz CT molecular complexity index is 756. The van der Waals surface area contributed by atoms with Crippen LogP contribution >= 0.6 is 0 Å². The van der Waals surface area contributed by atoms with Crippen LogP contribution in [-0.4, -0.2) is 22.6 Å². The molecule has 3 aliphatic carbocycles. The summed E-state index contributed by atoms with van der Waals surface area (Å²) in [5.41, 5.74) is 5.30. The van der Waals surface area contributed by atoms with Gasteiger partial charge in [-0.1, -0.05) is 18.6 Å². The van der Waals surface area contributed by atoms with Crippen LogP contribution in [0.25, 0.3) is 11.1 Å². The molecule has 0 aromatic heterocycles. The molecule has 0 aliphatic heterocycles. The van der Waals surface area contributed by atoms with E-state index < -0.39 is 0 Å². The van der Waals surface area contributed by atoms with Crippen LogP contribution in [0.5, 0.6) is 5.75 Å². The average molecular weight is 310 g/mol. The highest BCUT2D eigenvalue weighted by Crippen LogP contribution is 2.56. The first kappa shape index (κ1) is 14.7. The van der Waals surface area contributed by atoms with Gasteiger partial charge in [0.1, 0.15) is 5.75 Å². The number of hydrogen-bond donors (Lipinski definition) is 2. The van der Waals surface area contributed by atoms with Crippen molar-refractivity contribution in [3.05, 3.63) is 41.0 Å². The van der Waals surface area contributed by atoms with Crippen molar-refractivity contribution in [3.8, 4) is 5.75 Å². The fourth-order valence-electron chi connectivity index (χ4n) is 5.14. The van der Waals surface area contributed by atoms with E-state index in [9.17, 15) is 15.0 Å². The second kappa shape index (κ2) is 5.07. The Labute approximate surface area is 136 Å². The highest BCUT2D eigenvalue weighted by Gasteiger charge is 2.48. The molecule has 0 saturated heterocycles. The third kappa shape index (κ3) is 1.89. The fraction of sp³-hybridized carbons (Fsp3) is 0.450. The summed E-state index contributed by atoms with van der Waals surface area (Å²) in [6, 6.07) is 5.28. The topological polar surface area (TPSA) is 57.5 Å². The predicted molar refractivity (Wildman–Crippen MR) is 89.6 cm³/mol. The van der Waals surface area contributed by atoms with Gasteiger partial charge >= 0.3 is 0 Å². The van der Waals surface area contributed by atoms with Crippen LogP contribution in [0.4, 0.5) is 0 Å². The molecule has 3 nitrogen and oxygen atoms in total. The third-order valence-electron chi connectivity index (χ3n) is 6.23. The van der Waals surface area contributed by atoms with Crippen molar-refractivity contribution in [1.29, 1.82) is 0 Å². The minimum atomic E-state index is 0.139. The number of carbonyl (C=O) groups is 1. The number of allylic oxidation sites excluding steroid dienone is 4. The molecule has 1 fully saturated rings. The summed E-state index contributed by atoms with van der Waals surface area (Å²) in [5, 5.41) is 19.7. The summed E-state index contributed by atoms with van der Waals surface area (Å²) in [4.78, 5) is 12.9. The van der Waals surface area contributed by atoms with E-state index in [1.54, 1.807) is 12.1 Å². The predicted octanol–water partition coefficient (Wildman–Crippen LogP) is 3.42. The summed E-state index contributed by atoms with van der Waals surface area (Å²) in [6.45, 7) is 4.40. The Balaban J connectivity index is 1.82. The van der Waals surface area contributed by atoms with Crippen molar-refractivity contribution in [2.45, 2.75) is 26.7 Å². The Morgan fingerprint density at radius 3 is 2.74 bits per heavy atom. The van der Waals surface area contributed by atoms with Gasteiger partial charge in [-0.05, 0) is 71.9 Å². The van der Waals surface area contributed by atoms with Crippen LogP contribution in [0.3, 0.4) is 0 Å². The molecule has 2 N–H and O–H groups in total. The first-order valence-corrected chi connectivity index (χ1v) is 8.43. The minimum Gasteiger partial charge on any atom is -0.508 e. The van der Waals surface area contributed by atoms with Crippen molar-refractivity contribution >= 4 is 16.9 Å². The van der Waals surface area contributed by atoms with Crippen LogP contribution in [0.1, 0.15) is 37.8 Å². The highest BCUT2D eigenvalue weighted by atomic mass is 16.3. The second-order valence-corrected chi connectivity index (χ2v) is 7.11. The van der Waals surface area contributed by atoms with E-state index in [2.05, 4.69) is 13.0 Å². The Kier molecular flexibility index (Phi) is 3.24. The van der Waals surface area contributed by atoms with Gasteiger partial charge in [-0.3, -0.25) is 4.79 Å². The van der Waals surface area contributed by atoms with Gasteiger partial charge in [0, 0.05) is 18.6 Å². The minimum absolute atomic E-state index is 0.139. The second-order valence-electron chi connectivity index (χ2n) is 7.11. The van der Waals surface area contributed by atoms with E-state index in [1.165, 1.54) is 5.57 Å². The molecule has 0 heterocycles. The third-order valence-corrected chi connectivity index (χ3v) is 6.23. The molecule has 0 spiro atoms. The number of fused-ring (bicyclic) bond motifs is 5. The van der Waals surface area contributed by atoms with Crippen molar-refractivity contribution in [3.63, 3.8) is 0 Å². The SMILES string of the molecule is C/C=C1/[C@@H](C)[C@@H]2CC3=C(C(=O)C[C@@H]1[C@@H]2CO)c1ccc(O)cc13. The molecule has 3 aliphatic rings. The van der Waals surface area contributed by atoms with Gasteiger partial charge in [0.25, 0.3) is 0 Å². The number of Topliss-reactive ketones (excluding diaryl/α,β-unsaturated/α-hetero) is 1. The van der Waals surface area contributed by atoms with Crippen molar-refractivity contribution in [2.75, 3.05) is 6.61 Å². The smallest absolute Gasteiger partial charge is 0.164 e. The number of phenolic OH excluding ortho intramolecular Hbond substituents is 1. The Morgan fingerprint density at radius 2 is 2.04 bits per heavy atom. The van der Waals surface area contributed by atoms with Gasteiger partial charge in [-0.15, -0.1) is 0 Å². The van der Waals surface area contributed by atoms with Gasteiger partial charge in [-0.25, -0.2) is 0 Å². The average Bonchev–Trinajstić information content (AvgIpc) is 2.77. The van der Waals surface area contributed by atoms with Crippen LogP contribution < -0.4 is 0 Å². The maximum Gasteiger partial charge on any atom is 0.164 e. The zero-order valence-corrected chi connectivity index (χ0v) is 13.5. The fourth-order valence-corrected chi connectivity index (χ4v) is 5.14. The molecule has 0 radical (unpaired) electrons. The van der Waals surface area contributed by atoms with E-state index in [0.717, 1.165) is 28.7 Å². The van der Waals surface area contributed by atoms with Crippen LogP contribution in [0.2, 0.25) is 0 Å². The molecule has 0 amide bonds. The first-order valence-electron chi connectivity index (χ1n) is 8.43. The molecule has 23 heavy (non-hydrogen) atoms. The number of aliphatic hydroxyl groups is 1. The summed E-state index contributed by atoms with van der Waals surface area (Å²) >= 11 is 0. The normalized spacial score (nSPS) is 33.9. The molecular weight excluding hydrogens is 288 g/mol. The lowest BCUT2D eigenvalue weighted by Crippen LogP contribution is -2.28. The van der Waals surface area contributed by atoms with E-state index in [1.807, 2.05) is 13.0 Å². The zero-order valence-electron chi connectivity index (χ0n) is 13.5. The zero-order chi connectivity index (χ0) is 16.3. The largest absolute Gasteiger partial charge is 0.508 e. The molecule has 1 aromatic rings. The van der Waals surface area contributed by atoms with Crippen LogP contribution in [-0.2, 0) is 4.79 Å². The molecule has 1 saturated carbocycles. The molecule has 3 heteroatoms. The number of aromatic hydroxyl groups is 1.